The molecule has 0 fully saturated rings. The summed E-state index contributed by atoms with van der Waals surface area (Å²) in [6, 6.07) is 18.7. The van der Waals surface area contributed by atoms with Gasteiger partial charge in [0, 0.05) is 48.3 Å². The monoisotopic (exact) mass is 538 g/mol. The fraction of sp³-hybridized carbons (Fsp3) is 0.444. The molecule has 2 aliphatic rings. The fourth-order valence-corrected chi connectivity index (χ4v) is 8.31. The quantitative estimate of drug-likeness (QED) is 0.114. The topological polar surface area (TPSA) is 18.5 Å². The Balaban J connectivity index is 1.28. The molecule has 0 spiro atoms. The van der Waals surface area contributed by atoms with Crippen molar-refractivity contribution in [1.82, 2.24) is 0 Å². The van der Waals surface area contributed by atoms with E-state index >= 15 is 0 Å². The van der Waals surface area contributed by atoms with Crippen molar-refractivity contribution in [3.8, 4) is 44.5 Å². The highest BCUT2D eigenvalue weighted by atomic mass is 32.1. The normalized spacial score (nSPS) is 12.5. The van der Waals surface area contributed by atoms with Gasteiger partial charge in [0.25, 0.3) is 0 Å². The Hall–Kier alpha value is -2.46. The third-order valence-electron chi connectivity index (χ3n) is 8.77. The summed E-state index contributed by atoms with van der Waals surface area (Å²) < 4.78 is 10.5. The van der Waals surface area contributed by atoms with Crippen molar-refractivity contribution < 1.29 is 9.47 Å². The number of fused-ring (bicyclic) bond motifs is 6. The Morgan fingerprint density at radius 1 is 0.462 bits per heavy atom. The molecule has 0 bridgehead atoms. The third kappa shape index (κ3) is 5.10. The van der Waals surface area contributed by atoms with Gasteiger partial charge in [-0.25, -0.2) is 0 Å². The fourth-order valence-electron chi connectivity index (χ4n) is 6.89. The average molecular weight is 539 g/mol. The second kappa shape index (κ2) is 12.4. The summed E-state index contributed by atoms with van der Waals surface area (Å²) in [5.41, 5.74) is 11.8. The van der Waals surface area contributed by atoms with Gasteiger partial charge in [-0.3, -0.25) is 0 Å². The van der Waals surface area contributed by atoms with Crippen molar-refractivity contribution in [2.24, 2.45) is 0 Å². The highest BCUT2D eigenvalue weighted by Crippen LogP contribution is 2.59. The van der Waals surface area contributed by atoms with E-state index in [4.69, 9.17) is 9.47 Å². The lowest BCUT2D eigenvalue weighted by atomic mass is 9.97. The Bertz CT molecular complexity index is 1340. The minimum Gasteiger partial charge on any atom is -0.385 e. The van der Waals surface area contributed by atoms with Gasteiger partial charge in [0.1, 0.15) is 0 Å². The number of hydrogen-bond acceptors (Lipinski definition) is 3. The lowest BCUT2D eigenvalue weighted by Crippen LogP contribution is -1.89. The van der Waals surface area contributed by atoms with Crippen LogP contribution in [0.4, 0.5) is 0 Å². The van der Waals surface area contributed by atoms with Crippen LogP contribution >= 0.6 is 11.3 Å². The van der Waals surface area contributed by atoms with E-state index in [-0.39, 0.29) is 0 Å². The number of hydrogen-bond donors (Lipinski definition) is 0. The maximum atomic E-state index is 5.23. The van der Waals surface area contributed by atoms with Gasteiger partial charge in [-0.15, -0.1) is 11.3 Å². The molecule has 3 heteroatoms. The molecule has 3 aromatic carbocycles. The van der Waals surface area contributed by atoms with Crippen molar-refractivity contribution in [3.63, 3.8) is 0 Å². The standard InChI is InChI=1S/C36H42O2S/c1-37-23-13-7-3-5-9-17-31-35-29-21-19-27-25-15-11-12-16-26(25)28-20-22-30(34(29)33(27)28)36(35)32(39-31)18-10-6-4-8-14-24-38-2/h11-12,15-16,19-22H,3-10,13-14,17-18,23-24H2,1-2H3. The Morgan fingerprint density at radius 2 is 0.872 bits per heavy atom. The first kappa shape index (κ1) is 26.7. The van der Waals surface area contributed by atoms with Gasteiger partial charge in [-0.2, -0.15) is 0 Å². The minimum atomic E-state index is 0.893. The number of thiophene rings is 1. The number of aryl methyl sites for hydroxylation is 2. The van der Waals surface area contributed by atoms with Crippen molar-refractivity contribution in [2.45, 2.75) is 77.0 Å². The first-order valence-corrected chi connectivity index (χ1v) is 16.0. The van der Waals surface area contributed by atoms with Crippen LogP contribution in [0.3, 0.4) is 0 Å². The van der Waals surface area contributed by atoms with Crippen LogP contribution in [0.2, 0.25) is 0 Å². The van der Waals surface area contributed by atoms with E-state index in [1.807, 2.05) is 0 Å². The van der Waals surface area contributed by atoms with Crippen LogP contribution < -0.4 is 0 Å². The summed E-state index contributed by atoms with van der Waals surface area (Å²) in [6.07, 6.45) is 15.2. The zero-order chi connectivity index (χ0) is 26.6. The Labute approximate surface area is 238 Å². The van der Waals surface area contributed by atoms with E-state index in [0.29, 0.717) is 0 Å². The molecule has 2 aliphatic carbocycles. The summed E-state index contributed by atoms with van der Waals surface area (Å²) in [6.45, 7) is 1.79. The molecule has 39 heavy (non-hydrogen) atoms. The molecule has 0 saturated carbocycles. The van der Waals surface area contributed by atoms with Gasteiger partial charge in [0.15, 0.2) is 0 Å². The molecule has 0 amide bonds. The lowest BCUT2D eigenvalue weighted by Gasteiger charge is -2.09. The molecule has 0 saturated heterocycles. The van der Waals surface area contributed by atoms with E-state index in [9.17, 15) is 0 Å². The first-order chi connectivity index (χ1) is 19.3. The molecule has 0 atom stereocenters. The molecule has 0 N–H and O–H groups in total. The second-order valence-electron chi connectivity index (χ2n) is 11.3. The van der Waals surface area contributed by atoms with Gasteiger partial charge in [-0.1, -0.05) is 87.1 Å². The highest BCUT2D eigenvalue weighted by molar-refractivity contribution is 7.13. The van der Waals surface area contributed by atoms with E-state index in [1.165, 1.54) is 121 Å². The minimum absolute atomic E-state index is 0.893. The molecule has 204 valence electrons. The lowest BCUT2D eigenvalue weighted by molar-refractivity contribution is 0.192. The maximum Gasteiger partial charge on any atom is 0.0462 e. The Morgan fingerprint density at radius 3 is 1.36 bits per heavy atom. The maximum absolute atomic E-state index is 5.23. The van der Waals surface area contributed by atoms with Crippen LogP contribution in [0, 0.1) is 0 Å². The Kier molecular flexibility index (Phi) is 8.49. The number of rotatable bonds is 16. The zero-order valence-electron chi connectivity index (χ0n) is 23.7. The highest BCUT2D eigenvalue weighted by Gasteiger charge is 2.33. The molecule has 4 aromatic rings. The van der Waals surface area contributed by atoms with E-state index in [1.54, 1.807) is 35.1 Å². The molecule has 1 heterocycles. The number of benzene rings is 3. The largest absolute Gasteiger partial charge is 0.385 e. The summed E-state index contributed by atoms with van der Waals surface area (Å²) in [5.74, 6) is 0. The summed E-state index contributed by atoms with van der Waals surface area (Å²) in [5, 5.41) is 3.00. The molecule has 0 radical (unpaired) electrons. The second-order valence-corrected chi connectivity index (χ2v) is 12.5. The van der Waals surface area contributed by atoms with Gasteiger partial charge >= 0.3 is 0 Å². The van der Waals surface area contributed by atoms with Crippen LogP contribution in [0.5, 0.6) is 0 Å². The SMILES string of the molecule is COCCCCCCCc1sc(CCCCCCCOC)c2c1-c1ccc3c4c(ccc-2c14)-c1ccccc1-3. The van der Waals surface area contributed by atoms with Crippen molar-refractivity contribution in [2.75, 3.05) is 27.4 Å². The van der Waals surface area contributed by atoms with Gasteiger partial charge in [-0.05, 0) is 82.7 Å². The number of ether oxygens (including phenoxy) is 2. The molecule has 0 unspecified atom stereocenters. The van der Waals surface area contributed by atoms with Crippen LogP contribution in [-0.2, 0) is 22.3 Å². The van der Waals surface area contributed by atoms with E-state index < -0.39 is 0 Å². The zero-order valence-corrected chi connectivity index (χ0v) is 24.6. The van der Waals surface area contributed by atoms with E-state index in [0.717, 1.165) is 13.2 Å². The third-order valence-corrected chi connectivity index (χ3v) is 10.1. The van der Waals surface area contributed by atoms with Gasteiger partial charge in [0.2, 0.25) is 0 Å². The van der Waals surface area contributed by atoms with Crippen LogP contribution in [0.25, 0.3) is 55.3 Å². The number of methoxy groups -OCH3 is 2. The number of unbranched alkanes of at least 4 members (excludes halogenated alkanes) is 8. The molecule has 1 aromatic heterocycles. The molecular weight excluding hydrogens is 496 g/mol. The van der Waals surface area contributed by atoms with Crippen molar-refractivity contribution >= 4 is 22.1 Å². The smallest absolute Gasteiger partial charge is 0.0462 e. The molecule has 2 nitrogen and oxygen atoms in total. The van der Waals surface area contributed by atoms with Gasteiger partial charge < -0.3 is 9.47 Å². The summed E-state index contributed by atoms with van der Waals surface area (Å²) in [7, 11) is 3.61. The average Bonchev–Trinajstić information content (AvgIpc) is 3.60. The van der Waals surface area contributed by atoms with Crippen LogP contribution in [-0.4, -0.2) is 27.4 Å². The van der Waals surface area contributed by atoms with Crippen LogP contribution in [0.15, 0.2) is 48.5 Å². The molecule has 0 aliphatic heterocycles. The van der Waals surface area contributed by atoms with Crippen LogP contribution in [0.1, 0.15) is 74.0 Å². The predicted molar refractivity (Wildman–Crippen MR) is 168 cm³/mol. The molecular formula is C36H42O2S. The first-order valence-electron chi connectivity index (χ1n) is 15.2. The van der Waals surface area contributed by atoms with Crippen molar-refractivity contribution in [1.29, 1.82) is 0 Å². The van der Waals surface area contributed by atoms with Gasteiger partial charge in [0.05, 0.1) is 0 Å². The summed E-state index contributed by atoms with van der Waals surface area (Å²) >= 11 is 2.12. The van der Waals surface area contributed by atoms with Crippen molar-refractivity contribution in [3.05, 3.63) is 58.3 Å². The van der Waals surface area contributed by atoms with E-state index in [2.05, 4.69) is 59.9 Å². The summed E-state index contributed by atoms with van der Waals surface area (Å²) in [4.78, 5) is 3.25. The predicted octanol–water partition coefficient (Wildman–Crippen LogP) is 10.5. The molecule has 6 rings (SSSR count).